The summed E-state index contributed by atoms with van der Waals surface area (Å²) in [6.45, 7) is -4.05. The van der Waals surface area contributed by atoms with E-state index in [9.17, 15) is 33.7 Å². The third-order valence-electron chi connectivity index (χ3n) is 7.26. The number of nitrogens with one attached hydrogen (secondary N) is 1. The number of methoxy groups -OCH3 is 1. The minimum atomic E-state index is -4.54. The maximum Gasteiger partial charge on any atom is 0.472 e. The first-order valence-electron chi connectivity index (χ1n) is 13.5. The zero-order chi connectivity index (χ0) is 34.3. The number of hydrogen-bond acceptors (Lipinski definition) is 16. The number of ether oxygens (including phenoxy) is 2. The van der Waals surface area contributed by atoms with Crippen LogP contribution in [0.15, 0.2) is 30.0 Å². The number of aliphatic hydroxyl groups excluding tert-OH is 2. The molecular weight excluding hydrogens is 693 g/mol. The van der Waals surface area contributed by atoms with Crippen LogP contribution in [0.3, 0.4) is 0 Å². The molecule has 1 aliphatic heterocycles. The number of imidazole rings is 1. The Bertz CT molecular complexity index is 1910. The molecule has 1 aliphatic rings. The molecule has 4 aromatic rings. The van der Waals surface area contributed by atoms with Crippen molar-refractivity contribution in [2.45, 2.75) is 49.7 Å². The summed E-state index contributed by atoms with van der Waals surface area (Å²) in [6.07, 6.45) is -3.05. The molecule has 2 unspecified atom stereocenters. The van der Waals surface area contributed by atoms with Gasteiger partial charge in [0.1, 0.15) is 35.5 Å². The van der Waals surface area contributed by atoms with Crippen LogP contribution in [0.25, 0.3) is 22.2 Å². The third kappa shape index (κ3) is 7.44. The largest absolute Gasteiger partial charge is 0.472 e. The van der Waals surface area contributed by atoms with Gasteiger partial charge in [-0.15, -0.1) is 0 Å². The Morgan fingerprint density at radius 1 is 1.26 bits per heavy atom. The lowest BCUT2D eigenvalue weighted by atomic mass is 10.0. The van der Waals surface area contributed by atoms with Gasteiger partial charge in [-0.25, -0.2) is 28.9 Å². The lowest BCUT2D eigenvalue weighted by Crippen LogP contribution is -2.40. The number of phosphoric ester groups is 1. The molecule has 20 nitrogen and oxygen atoms in total. The molecule has 0 aliphatic carbocycles. The third-order valence-corrected chi connectivity index (χ3v) is 9.71. The second-order valence-electron chi connectivity index (χ2n) is 10.6. The monoisotopic (exact) mass is 724 g/mol. The molecule has 0 amide bonds. The highest BCUT2D eigenvalue weighted by molar-refractivity contribution is 8.07. The van der Waals surface area contributed by atoms with E-state index in [0.717, 1.165) is 31.3 Å². The van der Waals surface area contributed by atoms with Crippen molar-refractivity contribution in [3.8, 4) is 0 Å². The molecule has 0 saturated carbocycles. The molecular formula is C23H31FN8O12P2S. The van der Waals surface area contributed by atoms with Crippen LogP contribution in [-0.2, 0) is 43.9 Å². The summed E-state index contributed by atoms with van der Waals surface area (Å²) in [5.41, 5.74) is 4.02. The standard InChI is InChI=1S/C23H31FN8O12P2S/c1-23(4-12(33)21(43-23)32-10-30-15-17(25)26-8-28-19(15)32)7-42-46(38,47)44-22(16(34)13(39-2)6-41-45(36,37)40-3)31-5-11(24)14-18(31)27-9-29-20(14)35/h5,8-10,12-13,16,21-22,33-34H,4,6-7H2,1-3H3,(H,36,37)(H,38,47)(H2,25,26,28)(H,27,29,35)/t12-,13-,16-,21-,22-,23+,46?/m1/s1. The highest BCUT2D eigenvalue weighted by Gasteiger charge is 2.46. The predicted molar refractivity (Wildman–Crippen MR) is 161 cm³/mol. The molecule has 258 valence electrons. The van der Waals surface area contributed by atoms with E-state index in [-0.39, 0.29) is 17.9 Å². The van der Waals surface area contributed by atoms with E-state index in [2.05, 4.69) is 29.4 Å². The zero-order valence-corrected chi connectivity index (χ0v) is 27.4. The summed E-state index contributed by atoms with van der Waals surface area (Å²) in [7, 11) is -2.50. The van der Waals surface area contributed by atoms with Gasteiger partial charge in [0, 0.05) is 26.8 Å². The Hall–Kier alpha value is -2.82. The van der Waals surface area contributed by atoms with Gasteiger partial charge < -0.3 is 44.7 Å². The number of H-pyrrole nitrogens is 1. The first-order chi connectivity index (χ1) is 22.1. The van der Waals surface area contributed by atoms with Crippen molar-refractivity contribution in [1.29, 1.82) is 0 Å². The molecule has 1 fully saturated rings. The summed E-state index contributed by atoms with van der Waals surface area (Å²) in [4.78, 5) is 51.5. The Morgan fingerprint density at radius 2 is 2.00 bits per heavy atom. The first kappa shape index (κ1) is 35.5. The number of rotatable bonds is 14. The maximum absolute atomic E-state index is 14.9. The van der Waals surface area contributed by atoms with E-state index in [1.807, 2.05) is 0 Å². The molecule has 47 heavy (non-hydrogen) atoms. The number of aromatic amines is 1. The van der Waals surface area contributed by atoms with Crippen molar-refractivity contribution in [3.63, 3.8) is 0 Å². The quantitative estimate of drug-likeness (QED) is 0.0949. The Labute approximate surface area is 269 Å². The number of aliphatic hydroxyl groups is 2. The van der Waals surface area contributed by atoms with Gasteiger partial charge in [-0.05, 0) is 18.7 Å². The van der Waals surface area contributed by atoms with Gasteiger partial charge in [-0.2, -0.15) is 0 Å². The average molecular weight is 725 g/mol. The van der Waals surface area contributed by atoms with Gasteiger partial charge in [0.15, 0.2) is 35.4 Å². The smallest absolute Gasteiger partial charge is 0.388 e. The summed E-state index contributed by atoms with van der Waals surface area (Å²) in [5.74, 6) is -0.929. The normalized spacial score (nSPS) is 24.7. The molecule has 1 saturated heterocycles. The van der Waals surface area contributed by atoms with Gasteiger partial charge in [0.25, 0.3) is 5.56 Å². The number of nitrogens with two attached hydrogens (primary N) is 1. The minimum Gasteiger partial charge on any atom is -0.388 e. The lowest BCUT2D eigenvalue weighted by Gasteiger charge is -2.33. The van der Waals surface area contributed by atoms with Crippen LogP contribution in [0, 0.1) is 5.82 Å². The van der Waals surface area contributed by atoms with Gasteiger partial charge in [-0.3, -0.25) is 27.5 Å². The fourth-order valence-electron chi connectivity index (χ4n) is 4.97. The number of nitrogens with zero attached hydrogens (tertiary/aromatic N) is 6. The van der Waals surface area contributed by atoms with Gasteiger partial charge in [0.2, 0.25) is 0 Å². The molecule has 0 spiro atoms. The molecule has 4 aromatic heterocycles. The van der Waals surface area contributed by atoms with Crippen LogP contribution >= 0.6 is 14.5 Å². The number of aromatic nitrogens is 7. The molecule has 7 N–H and O–H groups in total. The SMILES string of the molecule is CO[C@H](COP(=O)(O)OC)[C@@H](O)[C@@H](OP(O)(=S)OC[C@]1(C)C[C@@H](O)[C@H](n2cnc3c(N)ncnc32)O1)n1cc(F)c2c(=O)[nH]cnc21. The second kappa shape index (κ2) is 13.6. The summed E-state index contributed by atoms with van der Waals surface area (Å²) >= 11 is 5.24. The number of halogens is 1. The highest BCUT2D eigenvalue weighted by Crippen LogP contribution is 2.51. The number of nitrogen functional groups attached to an aromatic ring is 1. The van der Waals surface area contributed by atoms with E-state index in [1.165, 1.54) is 17.2 Å². The molecule has 0 bridgehead atoms. The Morgan fingerprint density at radius 3 is 2.70 bits per heavy atom. The molecule has 5 heterocycles. The fourth-order valence-corrected chi connectivity index (χ4v) is 6.83. The Kier molecular flexibility index (Phi) is 10.3. The van der Waals surface area contributed by atoms with Crippen LogP contribution in [0.2, 0.25) is 0 Å². The lowest BCUT2D eigenvalue weighted by molar-refractivity contribution is -0.116. The van der Waals surface area contributed by atoms with Crippen molar-refractivity contribution in [3.05, 3.63) is 41.3 Å². The van der Waals surface area contributed by atoms with E-state index in [0.29, 0.717) is 11.2 Å². The van der Waals surface area contributed by atoms with Crippen LogP contribution in [0.1, 0.15) is 25.8 Å². The number of fused-ring (bicyclic) bond motifs is 2. The van der Waals surface area contributed by atoms with Gasteiger partial charge in [0.05, 0.1) is 31.5 Å². The van der Waals surface area contributed by atoms with E-state index >= 15 is 0 Å². The minimum absolute atomic E-state index is 0.0107. The van der Waals surface area contributed by atoms with E-state index in [1.54, 1.807) is 6.92 Å². The van der Waals surface area contributed by atoms with Crippen molar-refractivity contribution >= 4 is 54.4 Å². The summed E-state index contributed by atoms with van der Waals surface area (Å²) in [5, 5.41) is 21.7. The van der Waals surface area contributed by atoms with Crippen LogP contribution in [0.4, 0.5) is 10.2 Å². The zero-order valence-electron chi connectivity index (χ0n) is 24.8. The molecule has 0 radical (unpaired) electrons. The average Bonchev–Trinajstić information content (AvgIpc) is 3.69. The van der Waals surface area contributed by atoms with Crippen LogP contribution in [-0.4, -0.2) is 105 Å². The summed E-state index contributed by atoms with van der Waals surface area (Å²) < 4.78 is 60.9. The number of phosphoric acid groups is 1. The molecule has 8 atom stereocenters. The van der Waals surface area contributed by atoms with Crippen molar-refractivity contribution < 1.29 is 56.5 Å². The van der Waals surface area contributed by atoms with Gasteiger partial charge in [-0.1, -0.05) is 0 Å². The van der Waals surface area contributed by atoms with Crippen LogP contribution < -0.4 is 11.3 Å². The van der Waals surface area contributed by atoms with Crippen molar-refractivity contribution in [2.24, 2.45) is 0 Å². The van der Waals surface area contributed by atoms with Crippen LogP contribution in [0.5, 0.6) is 0 Å². The fraction of sp³-hybridized carbons (Fsp3) is 0.522. The predicted octanol–water partition coefficient (Wildman–Crippen LogP) is 0.212. The summed E-state index contributed by atoms with van der Waals surface area (Å²) in [6, 6.07) is 0. The second-order valence-corrected chi connectivity index (χ2v) is 14.9. The first-order valence-corrected chi connectivity index (χ1v) is 17.6. The maximum atomic E-state index is 14.9. The molecule has 0 aromatic carbocycles. The molecule has 24 heteroatoms. The number of hydrogen-bond donors (Lipinski definition) is 6. The van der Waals surface area contributed by atoms with Crippen molar-refractivity contribution in [1.82, 2.24) is 34.1 Å². The topological polar surface area (TPSA) is 274 Å². The van der Waals surface area contributed by atoms with Gasteiger partial charge >= 0.3 is 14.5 Å². The van der Waals surface area contributed by atoms with Crippen molar-refractivity contribution in [2.75, 3.05) is 33.2 Å². The number of anilines is 1. The van der Waals surface area contributed by atoms with E-state index < -0.39 is 80.9 Å². The molecule has 5 rings (SSSR count). The van der Waals surface area contributed by atoms with E-state index in [4.69, 9.17) is 40.6 Å². The highest BCUT2D eigenvalue weighted by atomic mass is 32.5. The Balaban J connectivity index is 1.39.